The van der Waals surface area contributed by atoms with Crippen LogP contribution < -0.4 is 15.4 Å². The van der Waals surface area contributed by atoms with E-state index in [1.54, 1.807) is 0 Å². The van der Waals surface area contributed by atoms with Gasteiger partial charge in [0.2, 0.25) is 0 Å². The Bertz CT molecular complexity index is 643. The van der Waals surface area contributed by atoms with Gasteiger partial charge in [-0.15, -0.1) is 0 Å². The lowest BCUT2D eigenvalue weighted by molar-refractivity contribution is 0.0676. The predicted molar refractivity (Wildman–Crippen MR) is 114 cm³/mol. The molecular formula is C22H36N4O2. The summed E-state index contributed by atoms with van der Waals surface area (Å²) in [5, 5.41) is 6.87. The highest BCUT2D eigenvalue weighted by atomic mass is 16.5. The predicted octanol–water partition coefficient (Wildman–Crippen LogP) is 2.56. The van der Waals surface area contributed by atoms with Gasteiger partial charge in [-0.1, -0.05) is 12.1 Å². The number of aryl methyl sites for hydroxylation is 1. The highest BCUT2D eigenvalue weighted by Gasteiger charge is 2.19. The number of likely N-dealkylation sites (tertiary alicyclic amines) is 1. The van der Waals surface area contributed by atoms with Gasteiger partial charge in [-0.05, 0) is 64.3 Å². The Morgan fingerprint density at radius 2 is 2.21 bits per heavy atom. The van der Waals surface area contributed by atoms with Gasteiger partial charge >= 0.3 is 0 Å². The molecule has 2 atom stereocenters. The average Bonchev–Trinajstić information content (AvgIpc) is 3.35. The molecule has 2 N–H and O–H groups in total. The number of ether oxygens (including phenoxy) is 2. The average molecular weight is 389 g/mol. The van der Waals surface area contributed by atoms with Crippen LogP contribution in [0.5, 0.6) is 5.75 Å². The third-order valence-corrected chi connectivity index (χ3v) is 5.47. The number of guanidine groups is 1. The van der Waals surface area contributed by atoms with Crippen molar-refractivity contribution in [3.05, 3.63) is 29.3 Å². The van der Waals surface area contributed by atoms with Crippen LogP contribution in [0.15, 0.2) is 23.2 Å². The van der Waals surface area contributed by atoms with E-state index >= 15 is 0 Å². The summed E-state index contributed by atoms with van der Waals surface area (Å²) in [7, 11) is 2.19. The van der Waals surface area contributed by atoms with Crippen molar-refractivity contribution >= 4 is 5.96 Å². The zero-order chi connectivity index (χ0) is 19.8. The van der Waals surface area contributed by atoms with Crippen LogP contribution >= 0.6 is 0 Å². The molecule has 0 amide bonds. The molecule has 0 bridgehead atoms. The van der Waals surface area contributed by atoms with E-state index in [2.05, 4.69) is 54.6 Å². The summed E-state index contributed by atoms with van der Waals surface area (Å²) in [6.45, 7) is 10.4. The number of benzene rings is 1. The SMILES string of the molecule is CCNC(=NCc1ccc(C)cc1OCC1CCCO1)NCC1CCN(C)C1. The molecule has 0 radical (unpaired) electrons. The minimum atomic E-state index is 0.223. The number of rotatable bonds is 8. The Balaban J connectivity index is 1.58. The smallest absolute Gasteiger partial charge is 0.191 e. The van der Waals surface area contributed by atoms with Crippen molar-refractivity contribution in [3.63, 3.8) is 0 Å². The van der Waals surface area contributed by atoms with Gasteiger partial charge in [0.25, 0.3) is 0 Å². The van der Waals surface area contributed by atoms with Gasteiger partial charge in [0.05, 0.1) is 12.6 Å². The van der Waals surface area contributed by atoms with E-state index in [0.717, 1.165) is 56.4 Å². The normalized spacial score (nSPS) is 23.2. The van der Waals surface area contributed by atoms with E-state index < -0.39 is 0 Å². The maximum absolute atomic E-state index is 6.11. The molecule has 2 aliphatic heterocycles. The van der Waals surface area contributed by atoms with Crippen molar-refractivity contribution in [3.8, 4) is 5.75 Å². The lowest BCUT2D eigenvalue weighted by atomic mass is 10.1. The number of nitrogens with one attached hydrogen (secondary N) is 2. The zero-order valence-corrected chi connectivity index (χ0v) is 17.7. The van der Waals surface area contributed by atoms with Gasteiger partial charge in [0, 0.05) is 31.8 Å². The first kappa shape index (κ1) is 20.9. The fraction of sp³-hybridized carbons (Fsp3) is 0.682. The minimum absolute atomic E-state index is 0.223. The van der Waals surface area contributed by atoms with Crippen molar-refractivity contribution < 1.29 is 9.47 Å². The third-order valence-electron chi connectivity index (χ3n) is 5.47. The van der Waals surface area contributed by atoms with Crippen molar-refractivity contribution in [2.24, 2.45) is 10.9 Å². The molecule has 6 heteroatoms. The standard InChI is InChI=1S/C22H36N4O2/c1-4-23-22(24-13-18-9-10-26(3)15-18)25-14-19-8-7-17(2)12-21(19)28-16-20-6-5-11-27-20/h7-8,12,18,20H,4-6,9-11,13-16H2,1-3H3,(H2,23,24,25). The van der Waals surface area contributed by atoms with Gasteiger partial charge in [0.15, 0.2) is 5.96 Å². The molecule has 0 aromatic heterocycles. The highest BCUT2D eigenvalue weighted by molar-refractivity contribution is 5.79. The van der Waals surface area contributed by atoms with Crippen LogP contribution in [0.25, 0.3) is 0 Å². The van der Waals surface area contributed by atoms with Crippen LogP contribution in [0.3, 0.4) is 0 Å². The Kier molecular flexibility index (Phi) is 7.98. The van der Waals surface area contributed by atoms with Gasteiger partial charge < -0.3 is 25.0 Å². The van der Waals surface area contributed by atoms with Crippen molar-refractivity contribution in [2.75, 3.05) is 46.4 Å². The topological polar surface area (TPSA) is 58.1 Å². The summed E-state index contributed by atoms with van der Waals surface area (Å²) in [5.41, 5.74) is 2.31. The van der Waals surface area contributed by atoms with Crippen LogP contribution in [0, 0.1) is 12.8 Å². The van der Waals surface area contributed by atoms with E-state index in [1.807, 2.05) is 0 Å². The Morgan fingerprint density at radius 1 is 1.32 bits per heavy atom. The zero-order valence-electron chi connectivity index (χ0n) is 17.7. The fourth-order valence-corrected chi connectivity index (χ4v) is 3.83. The summed E-state index contributed by atoms with van der Waals surface area (Å²) in [5.74, 6) is 2.49. The second-order valence-electron chi connectivity index (χ2n) is 8.05. The molecule has 1 aromatic carbocycles. The summed E-state index contributed by atoms with van der Waals surface area (Å²) < 4.78 is 11.8. The van der Waals surface area contributed by atoms with Crippen molar-refractivity contribution in [1.29, 1.82) is 0 Å². The first-order valence-corrected chi connectivity index (χ1v) is 10.7. The summed E-state index contributed by atoms with van der Waals surface area (Å²) in [6.07, 6.45) is 3.69. The maximum atomic E-state index is 6.11. The van der Waals surface area contributed by atoms with Gasteiger partial charge in [-0.2, -0.15) is 0 Å². The molecule has 156 valence electrons. The molecule has 0 aliphatic carbocycles. The van der Waals surface area contributed by atoms with Crippen LogP contribution in [0.1, 0.15) is 37.3 Å². The number of nitrogens with zero attached hydrogens (tertiary/aromatic N) is 2. The minimum Gasteiger partial charge on any atom is -0.491 e. The van der Waals surface area contributed by atoms with Crippen LogP contribution in [-0.4, -0.2) is 63.4 Å². The van der Waals surface area contributed by atoms with E-state index in [9.17, 15) is 0 Å². The summed E-state index contributed by atoms with van der Waals surface area (Å²) >= 11 is 0. The first-order chi connectivity index (χ1) is 13.6. The molecule has 2 saturated heterocycles. The number of aliphatic imine (C=N–C) groups is 1. The molecule has 2 heterocycles. The van der Waals surface area contributed by atoms with Crippen molar-refractivity contribution in [2.45, 2.75) is 45.8 Å². The van der Waals surface area contributed by atoms with Crippen LogP contribution in [0.2, 0.25) is 0 Å². The lowest BCUT2D eigenvalue weighted by Gasteiger charge is -2.17. The highest BCUT2D eigenvalue weighted by Crippen LogP contribution is 2.23. The van der Waals surface area contributed by atoms with E-state index in [0.29, 0.717) is 19.1 Å². The second-order valence-corrected chi connectivity index (χ2v) is 8.05. The molecular weight excluding hydrogens is 352 g/mol. The quantitative estimate of drug-likeness (QED) is 0.529. The van der Waals surface area contributed by atoms with Gasteiger partial charge in [-0.3, -0.25) is 0 Å². The summed E-state index contributed by atoms with van der Waals surface area (Å²) in [4.78, 5) is 7.19. The van der Waals surface area contributed by atoms with E-state index in [1.165, 1.54) is 18.5 Å². The fourth-order valence-electron chi connectivity index (χ4n) is 3.83. The molecule has 6 nitrogen and oxygen atoms in total. The number of hydrogen-bond acceptors (Lipinski definition) is 4. The van der Waals surface area contributed by atoms with Crippen LogP contribution in [-0.2, 0) is 11.3 Å². The Labute approximate surface area is 169 Å². The monoisotopic (exact) mass is 388 g/mol. The molecule has 2 fully saturated rings. The molecule has 28 heavy (non-hydrogen) atoms. The molecule has 1 aromatic rings. The molecule has 0 saturated carbocycles. The van der Waals surface area contributed by atoms with Crippen molar-refractivity contribution in [1.82, 2.24) is 15.5 Å². The largest absolute Gasteiger partial charge is 0.491 e. The Morgan fingerprint density at radius 3 is 2.93 bits per heavy atom. The molecule has 2 unspecified atom stereocenters. The van der Waals surface area contributed by atoms with Gasteiger partial charge in [-0.25, -0.2) is 4.99 Å². The summed E-state index contributed by atoms with van der Waals surface area (Å²) in [6, 6.07) is 6.35. The van der Waals surface area contributed by atoms with E-state index in [4.69, 9.17) is 14.5 Å². The maximum Gasteiger partial charge on any atom is 0.191 e. The van der Waals surface area contributed by atoms with E-state index in [-0.39, 0.29) is 6.10 Å². The van der Waals surface area contributed by atoms with Crippen LogP contribution in [0.4, 0.5) is 0 Å². The first-order valence-electron chi connectivity index (χ1n) is 10.7. The Hall–Kier alpha value is -1.79. The molecule has 2 aliphatic rings. The molecule has 0 spiro atoms. The van der Waals surface area contributed by atoms with Gasteiger partial charge in [0.1, 0.15) is 12.4 Å². The second kappa shape index (κ2) is 10.7. The third kappa shape index (κ3) is 6.38. The molecule has 3 rings (SSSR count). The lowest BCUT2D eigenvalue weighted by Crippen LogP contribution is -2.40. The number of hydrogen-bond donors (Lipinski definition) is 2.